The summed E-state index contributed by atoms with van der Waals surface area (Å²) in [5, 5.41) is 8.99. The minimum atomic E-state index is -4.05. The van der Waals surface area contributed by atoms with Gasteiger partial charge in [-0.3, -0.25) is 4.57 Å². The fourth-order valence-electron chi connectivity index (χ4n) is 12.4. The second-order valence-electron chi connectivity index (χ2n) is 27.9. The van der Waals surface area contributed by atoms with Crippen molar-refractivity contribution in [2.24, 2.45) is 0 Å². The monoisotopic (exact) mass is 1440 g/mol. The van der Waals surface area contributed by atoms with Gasteiger partial charge in [0.05, 0.1) is 151 Å². The normalized spacial score (nSPS) is 12.3. The maximum absolute atomic E-state index is 13.5. The number of halogens is 1. The van der Waals surface area contributed by atoms with E-state index in [4.69, 9.17) is 52.1 Å². The summed E-state index contributed by atoms with van der Waals surface area (Å²) in [6.07, 6.45) is 66.1. The first-order valence-corrected chi connectivity index (χ1v) is 43.6. The van der Waals surface area contributed by atoms with Crippen LogP contribution in [0.2, 0.25) is 0 Å². The van der Waals surface area contributed by atoms with Crippen LogP contribution in [-0.4, -0.2) is 147 Å². The van der Waals surface area contributed by atoms with Crippen molar-refractivity contribution < 1.29 is 65.4 Å². The van der Waals surface area contributed by atoms with E-state index < -0.39 is 7.68 Å². The summed E-state index contributed by atoms with van der Waals surface area (Å²) in [5.74, 6) is 2.29. The van der Waals surface area contributed by atoms with Crippen LogP contribution >= 0.6 is 7.68 Å². The van der Waals surface area contributed by atoms with Gasteiger partial charge in [0.15, 0.2) is 11.5 Å². The van der Waals surface area contributed by atoms with E-state index in [2.05, 4.69) is 47.7 Å². The van der Waals surface area contributed by atoms with Gasteiger partial charge in [-0.05, 0) is 43.9 Å². The molecule has 0 radical (unpaired) electrons. The highest BCUT2D eigenvalue weighted by Gasteiger charge is 2.21. The topological polar surface area (TPSA) is 159 Å². The summed E-state index contributed by atoms with van der Waals surface area (Å²) in [5.41, 5.74) is 1.80. The van der Waals surface area contributed by atoms with Gasteiger partial charge in [-0.25, -0.2) is 4.68 Å². The molecule has 2 rings (SSSR count). The van der Waals surface area contributed by atoms with Crippen molar-refractivity contribution in [2.45, 2.75) is 349 Å². The van der Waals surface area contributed by atoms with E-state index >= 15 is 0 Å². The van der Waals surface area contributed by atoms with Gasteiger partial charge in [-0.15, -0.1) is 5.10 Å². The predicted octanol–water partition coefficient (Wildman–Crippen LogP) is 23.1. The van der Waals surface area contributed by atoms with Gasteiger partial charge in [-0.1, -0.05) is 315 Å². The molecule has 0 aliphatic carbocycles. The molecule has 1 atom stereocenters. The van der Waals surface area contributed by atoms with Crippen molar-refractivity contribution in [3.8, 4) is 17.2 Å². The zero-order valence-electron chi connectivity index (χ0n) is 65.2. The molecule has 0 spiro atoms. The van der Waals surface area contributed by atoms with Crippen LogP contribution in [-0.2, 0) is 60.1 Å². The molecule has 0 amide bonds. The minimum Gasteiger partial charge on any atom is -0.490 e. The average molecular weight is 1440 g/mol. The Morgan fingerprint density at radius 1 is 0.330 bits per heavy atom. The first kappa shape index (κ1) is 93.6. The van der Waals surface area contributed by atoms with E-state index in [1.54, 1.807) is 6.92 Å². The molecule has 0 aliphatic heterocycles. The SMILES string of the molecule is CCCCCCCCCCCCCCCCCCOc1cc(Cn2cc(COCCOCCOCCOCCOCCOCCOCCOCCP(=O)(F)OCC)nn2)cc(OCCCCCCCCCCCCCCCCCC)c1OCCCCCCCCCCCCCCCCCC. The van der Waals surface area contributed by atoms with Gasteiger partial charge in [0.25, 0.3) is 0 Å². The van der Waals surface area contributed by atoms with Gasteiger partial charge in [0.2, 0.25) is 5.75 Å². The molecule has 100 heavy (non-hydrogen) atoms. The fourth-order valence-corrected chi connectivity index (χ4v) is 13.2. The van der Waals surface area contributed by atoms with Crippen molar-refractivity contribution in [1.29, 1.82) is 0 Å². The van der Waals surface area contributed by atoms with Crippen LogP contribution in [0.5, 0.6) is 17.2 Å². The van der Waals surface area contributed by atoms with E-state index in [1.807, 2.05) is 10.9 Å². The molecular formula is C82H155FN3O13P. The largest absolute Gasteiger partial charge is 0.490 e. The Balaban J connectivity index is 1.86. The molecule has 16 nitrogen and oxygen atoms in total. The van der Waals surface area contributed by atoms with E-state index in [9.17, 15) is 8.76 Å². The summed E-state index contributed by atoms with van der Waals surface area (Å²) in [6, 6.07) is 4.29. The Morgan fingerprint density at radius 2 is 0.590 bits per heavy atom. The van der Waals surface area contributed by atoms with E-state index in [-0.39, 0.29) is 26.0 Å². The van der Waals surface area contributed by atoms with Crippen LogP contribution in [0.4, 0.5) is 4.20 Å². The Kier molecular flexibility index (Phi) is 70.1. The van der Waals surface area contributed by atoms with Crippen LogP contribution in [0.15, 0.2) is 18.3 Å². The number of aromatic nitrogens is 3. The molecule has 588 valence electrons. The lowest BCUT2D eigenvalue weighted by Gasteiger charge is -2.19. The van der Waals surface area contributed by atoms with E-state index in [0.717, 1.165) is 47.8 Å². The maximum atomic E-state index is 13.5. The zero-order valence-corrected chi connectivity index (χ0v) is 66.1. The van der Waals surface area contributed by atoms with Crippen molar-refractivity contribution in [2.75, 3.05) is 132 Å². The highest BCUT2D eigenvalue weighted by atomic mass is 31.2. The van der Waals surface area contributed by atoms with Gasteiger partial charge < -0.3 is 56.6 Å². The summed E-state index contributed by atoms with van der Waals surface area (Å²) in [7, 11) is -4.05. The third-order valence-electron chi connectivity index (χ3n) is 18.4. The first-order chi connectivity index (χ1) is 49.4. The molecular weight excluding hydrogens is 1280 g/mol. The molecule has 1 unspecified atom stereocenters. The number of unbranched alkanes of at least 4 members (excludes halogenated alkanes) is 45. The van der Waals surface area contributed by atoms with Gasteiger partial charge in [0.1, 0.15) is 5.69 Å². The first-order valence-electron chi connectivity index (χ1n) is 41.9. The molecule has 18 heteroatoms. The third-order valence-corrected chi connectivity index (χ3v) is 19.8. The van der Waals surface area contributed by atoms with Crippen LogP contribution in [0.3, 0.4) is 0 Å². The Hall–Kier alpha value is -2.44. The van der Waals surface area contributed by atoms with Crippen LogP contribution in [0, 0.1) is 0 Å². The average Bonchev–Trinajstić information content (AvgIpc) is 1.26. The molecule has 1 heterocycles. The third kappa shape index (κ3) is 62.9. The van der Waals surface area contributed by atoms with Crippen molar-refractivity contribution in [3.63, 3.8) is 0 Å². The summed E-state index contributed by atoms with van der Waals surface area (Å²) in [6.45, 7) is 17.4. The van der Waals surface area contributed by atoms with Crippen molar-refractivity contribution in [3.05, 3.63) is 29.6 Å². The number of nitrogens with zero attached hydrogens (tertiary/aromatic N) is 3. The number of rotatable bonds is 84. The molecule has 1 aromatic carbocycles. The molecule has 2 aromatic rings. The van der Waals surface area contributed by atoms with Gasteiger partial charge in [-0.2, -0.15) is 4.20 Å². The fraction of sp³-hybridized carbons (Fsp3) is 0.902. The predicted molar refractivity (Wildman–Crippen MR) is 411 cm³/mol. The maximum Gasteiger partial charge on any atom is 0.369 e. The number of ether oxygens (including phenoxy) is 11. The summed E-state index contributed by atoms with van der Waals surface area (Å²) in [4.78, 5) is 0. The van der Waals surface area contributed by atoms with Crippen LogP contribution < -0.4 is 14.2 Å². The molecule has 0 bridgehead atoms. The van der Waals surface area contributed by atoms with Crippen molar-refractivity contribution in [1.82, 2.24) is 15.0 Å². The second-order valence-corrected chi connectivity index (χ2v) is 29.7. The molecule has 1 aromatic heterocycles. The quantitative estimate of drug-likeness (QED) is 0.0454. The molecule has 0 aliphatic rings. The molecule has 0 saturated carbocycles. The van der Waals surface area contributed by atoms with Crippen LogP contribution in [0.25, 0.3) is 0 Å². The smallest absolute Gasteiger partial charge is 0.369 e. The lowest BCUT2D eigenvalue weighted by atomic mass is 10.0. The van der Waals surface area contributed by atoms with Gasteiger partial charge in [0, 0.05) is 0 Å². The van der Waals surface area contributed by atoms with Crippen molar-refractivity contribution >= 4 is 7.68 Å². The van der Waals surface area contributed by atoms with E-state index in [0.29, 0.717) is 119 Å². The summed E-state index contributed by atoms with van der Waals surface area (Å²) < 4.78 is 96.3. The molecule has 0 saturated heterocycles. The lowest BCUT2D eigenvalue weighted by Crippen LogP contribution is -2.15. The lowest BCUT2D eigenvalue weighted by molar-refractivity contribution is -0.0234. The van der Waals surface area contributed by atoms with Crippen LogP contribution in [0.1, 0.15) is 347 Å². The highest BCUT2D eigenvalue weighted by Crippen LogP contribution is 2.48. The Bertz CT molecular complexity index is 1970. The van der Waals surface area contributed by atoms with E-state index in [1.165, 1.54) is 289 Å². The molecule has 0 N–H and O–H groups in total. The second kappa shape index (κ2) is 74.8. The molecule has 0 fully saturated rings. The number of benzene rings is 1. The zero-order chi connectivity index (χ0) is 71.5. The Labute approximate surface area is 612 Å². The Morgan fingerprint density at radius 3 is 0.880 bits per heavy atom. The highest BCUT2D eigenvalue weighted by molar-refractivity contribution is 7.53. The van der Waals surface area contributed by atoms with Gasteiger partial charge >= 0.3 is 7.68 Å². The minimum absolute atomic E-state index is 0.0205. The number of hydrogen-bond acceptors (Lipinski definition) is 15. The summed E-state index contributed by atoms with van der Waals surface area (Å²) >= 11 is 0. The standard InChI is InChI=1S/C82H155FN3O13P/c1-5-9-12-15-18-21-24-27-30-33-36-39-42-45-48-51-54-96-80-73-78(75-86-76-79(84-85-86)77-95-70-69-93-66-65-91-62-61-89-58-57-88-59-60-90-63-64-92-67-68-94-71-72-100(83,87)99-8-4)74-81(97-55-52-49-46-43-40-37-34-31-28-25-22-19-16-13-10-6-2)82(80)98-56-53-50-47-44-41-38-35-32-29-26-23-20-17-14-11-7-3/h73-74,76H,5-72,75,77H2,1-4H3. The number of hydrogen-bond donors (Lipinski definition) is 0.